The largest absolute Gasteiger partial charge is 0.494 e. The summed E-state index contributed by atoms with van der Waals surface area (Å²) in [6, 6.07) is 23.9. The van der Waals surface area contributed by atoms with Crippen molar-refractivity contribution < 1.29 is 23.1 Å². The third-order valence-corrected chi connectivity index (χ3v) is 9.36. The van der Waals surface area contributed by atoms with Crippen LogP contribution in [0, 0.1) is 12.7 Å². The predicted molar refractivity (Wildman–Crippen MR) is 170 cm³/mol. The highest BCUT2D eigenvalue weighted by atomic mass is 32.1. The van der Waals surface area contributed by atoms with Crippen LogP contribution >= 0.6 is 11.3 Å². The van der Waals surface area contributed by atoms with Gasteiger partial charge in [-0.15, -0.1) is 0 Å². The molecule has 8 nitrogen and oxygen atoms in total. The second-order valence-corrected chi connectivity index (χ2v) is 12.1. The number of rotatable bonds is 5. The van der Waals surface area contributed by atoms with Crippen molar-refractivity contribution in [1.82, 2.24) is 4.98 Å². The lowest BCUT2D eigenvalue weighted by molar-refractivity contribution is -0.121. The van der Waals surface area contributed by atoms with E-state index in [0.29, 0.717) is 29.1 Å². The SMILES string of the molecule is CCOc1ccc2nc(N3C(=O)c4oc5ccc(F)cc5c(=O)c4C34C(=O)N(Cc3cccc(C)c3)c3ccccc34)sc2c1. The Hall–Kier alpha value is -5.35. The number of carbonyl (C=O) groups is 2. The van der Waals surface area contributed by atoms with E-state index in [0.717, 1.165) is 28.0 Å². The summed E-state index contributed by atoms with van der Waals surface area (Å²) in [5.41, 5.74) is 0.796. The molecule has 8 rings (SSSR count). The molecular formula is C35H24FN3O5S. The van der Waals surface area contributed by atoms with E-state index in [1.165, 1.54) is 22.3 Å². The van der Waals surface area contributed by atoms with E-state index >= 15 is 4.79 Å². The zero-order chi connectivity index (χ0) is 31.0. The first kappa shape index (κ1) is 27.2. The van der Waals surface area contributed by atoms with E-state index < -0.39 is 28.6 Å². The van der Waals surface area contributed by atoms with Crippen LogP contribution in [0.25, 0.3) is 21.2 Å². The van der Waals surface area contributed by atoms with E-state index in [9.17, 15) is 14.0 Å². The molecule has 0 saturated heterocycles. The Morgan fingerprint density at radius 2 is 1.82 bits per heavy atom. The molecule has 2 aromatic heterocycles. The summed E-state index contributed by atoms with van der Waals surface area (Å²) >= 11 is 1.21. The molecule has 2 aliphatic rings. The van der Waals surface area contributed by atoms with Gasteiger partial charge in [-0.3, -0.25) is 19.3 Å². The molecule has 222 valence electrons. The summed E-state index contributed by atoms with van der Waals surface area (Å²) < 4.78 is 26.9. The van der Waals surface area contributed by atoms with Gasteiger partial charge in [0.1, 0.15) is 17.1 Å². The van der Waals surface area contributed by atoms with Gasteiger partial charge in [-0.05, 0) is 61.9 Å². The highest BCUT2D eigenvalue weighted by Gasteiger charge is 2.66. The van der Waals surface area contributed by atoms with Gasteiger partial charge < -0.3 is 14.1 Å². The van der Waals surface area contributed by atoms with Crippen LogP contribution in [0.3, 0.4) is 0 Å². The number of anilines is 2. The Bertz CT molecular complexity index is 2300. The molecule has 0 bridgehead atoms. The molecule has 0 saturated carbocycles. The number of para-hydroxylation sites is 1. The summed E-state index contributed by atoms with van der Waals surface area (Å²) in [5.74, 6) is -1.45. The first-order chi connectivity index (χ1) is 21.8. The van der Waals surface area contributed by atoms with Crippen LogP contribution in [0.5, 0.6) is 5.75 Å². The lowest BCUT2D eigenvalue weighted by Gasteiger charge is -2.32. The molecule has 0 radical (unpaired) electrons. The fourth-order valence-corrected chi connectivity index (χ4v) is 7.58. The summed E-state index contributed by atoms with van der Waals surface area (Å²) in [4.78, 5) is 51.7. The van der Waals surface area contributed by atoms with E-state index in [4.69, 9.17) is 14.1 Å². The maximum absolute atomic E-state index is 15.1. The number of halogens is 1. The number of nitrogens with zero attached hydrogens (tertiary/aromatic N) is 3. The molecule has 45 heavy (non-hydrogen) atoms. The van der Waals surface area contributed by atoms with Gasteiger partial charge >= 0.3 is 0 Å². The summed E-state index contributed by atoms with van der Waals surface area (Å²) in [6.45, 7) is 4.53. The molecule has 2 amide bonds. The number of hydrogen-bond acceptors (Lipinski definition) is 7. The topological polar surface area (TPSA) is 93.0 Å². The average Bonchev–Trinajstić information content (AvgIpc) is 3.63. The van der Waals surface area contributed by atoms with Crippen molar-refractivity contribution >= 4 is 55.2 Å². The van der Waals surface area contributed by atoms with Crippen molar-refractivity contribution in [1.29, 1.82) is 0 Å². The maximum Gasteiger partial charge on any atom is 0.297 e. The molecule has 1 atom stereocenters. The molecule has 0 N–H and O–H groups in total. The normalized spacial score (nSPS) is 17.1. The van der Waals surface area contributed by atoms with Crippen molar-refractivity contribution in [2.24, 2.45) is 0 Å². The number of hydrogen-bond donors (Lipinski definition) is 0. The zero-order valence-corrected chi connectivity index (χ0v) is 25.0. The number of aromatic nitrogens is 1. The molecule has 4 heterocycles. The number of fused-ring (bicyclic) bond motifs is 6. The lowest BCUT2D eigenvalue weighted by Crippen LogP contribution is -2.53. The molecular weight excluding hydrogens is 593 g/mol. The van der Waals surface area contributed by atoms with E-state index in [-0.39, 0.29) is 34.0 Å². The number of carbonyl (C=O) groups excluding carboxylic acids is 2. The summed E-state index contributed by atoms with van der Waals surface area (Å²) in [6.07, 6.45) is 0. The molecule has 1 unspecified atom stereocenters. The van der Waals surface area contributed by atoms with Crippen molar-refractivity contribution in [3.8, 4) is 5.75 Å². The Kier molecular flexibility index (Phi) is 5.95. The van der Waals surface area contributed by atoms with Crippen LogP contribution < -0.4 is 20.0 Å². The number of ether oxygens (including phenoxy) is 1. The minimum Gasteiger partial charge on any atom is -0.494 e. The maximum atomic E-state index is 15.1. The third kappa shape index (κ3) is 3.82. The molecule has 4 aromatic carbocycles. The van der Waals surface area contributed by atoms with Gasteiger partial charge in [0.15, 0.2) is 16.1 Å². The fraction of sp³-hybridized carbons (Fsp3) is 0.143. The first-order valence-corrected chi connectivity index (χ1v) is 15.2. The number of aryl methyl sites for hydroxylation is 1. The Morgan fingerprint density at radius 3 is 2.64 bits per heavy atom. The second-order valence-electron chi connectivity index (χ2n) is 11.1. The van der Waals surface area contributed by atoms with Crippen molar-refractivity contribution in [2.45, 2.75) is 25.9 Å². The molecule has 0 aliphatic carbocycles. The van der Waals surface area contributed by atoms with Gasteiger partial charge in [0.2, 0.25) is 5.76 Å². The quantitative estimate of drug-likeness (QED) is 0.214. The predicted octanol–water partition coefficient (Wildman–Crippen LogP) is 6.70. The fourth-order valence-electron chi connectivity index (χ4n) is 6.53. The summed E-state index contributed by atoms with van der Waals surface area (Å²) in [7, 11) is 0. The Labute approximate surface area is 259 Å². The standard InChI is InChI=1S/C35H24FN3O5S/c1-3-43-22-12-13-25-28(17-22)45-34(37-25)39-32(41)31-29(30(40)23-16-21(36)11-14-27(23)44-31)35(39)24-9-4-5-10-26(24)38(33(35)42)18-20-8-6-7-19(2)15-20/h4-17H,3,18H2,1-2H3. The van der Waals surface area contributed by atoms with E-state index in [1.54, 1.807) is 35.2 Å². The highest BCUT2D eigenvalue weighted by Crippen LogP contribution is 2.55. The Balaban J connectivity index is 1.43. The molecule has 1 spiro atoms. The smallest absolute Gasteiger partial charge is 0.297 e. The highest BCUT2D eigenvalue weighted by molar-refractivity contribution is 7.22. The second kappa shape index (κ2) is 9.83. The van der Waals surface area contributed by atoms with Crippen LogP contribution in [0.2, 0.25) is 0 Å². The molecule has 2 aliphatic heterocycles. The molecule has 10 heteroatoms. The van der Waals surface area contributed by atoms with Gasteiger partial charge in [0.05, 0.1) is 40.0 Å². The van der Waals surface area contributed by atoms with Crippen molar-refractivity contribution in [3.63, 3.8) is 0 Å². The van der Waals surface area contributed by atoms with Crippen molar-refractivity contribution in [2.75, 3.05) is 16.4 Å². The zero-order valence-electron chi connectivity index (χ0n) is 24.2. The lowest BCUT2D eigenvalue weighted by atomic mass is 9.84. The Morgan fingerprint density at radius 1 is 0.978 bits per heavy atom. The van der Waals surface area contributed by atoms with Crippen LogP contribution in [-0.4, -0.2) is 23.4 Å². The van der Waals surface area contributed by atoms with Crippen LogP contribution in [0.4, 0.5) is 15.2 Å². The van der Waals surface area contributed by atoms with E-state index in [1.807, 2.05) is 50.2 Å². The average molecular weight is 618 g/mol. The van der Waals surface area contributed by atoms with Gasteiger partial charge in [-0.25, -0.2) is 9.37 Å². The van der Waals surface area contributed by atoms with Crippen LogP contribution in [-0.2, 0) is 16.9 Å². The third-order valence-electron chi connectivity index (χ3n) is 8.36. The summed E-state index contributed by atoms with van der Waals surface area (Å²) in [5, 5.41) is 0.154. The number of benzene rings is 4. The molecule has 6 aromatic rings. The van der Waals surface area contributed by atoms with E-state index in [2.05, 4.69) is 0 Å². The molecule has 0 fully saturated rings. The number of thiazole rings is 1. The minimum atomic E-state index is -1.94. The first-order valence-electron chi connectivity index (χ1n) is 14.4. The van der Waals surface area contributed by atoms with Gasteiger partial charge in [-0.2, -0.15) is 0 Å². The minimum absolute atomic E-state index is 0.0477. The van der Waals surface area contributed by atoms with Crippen LogP contribution in [0.15, 0.2) is 94.1 Å². The van der Waals surface area contributed by atoms with Gasteiger partial charge in [0.25, 0.3) is 11.8 Å². The van der Waals surface area contributed by atoms with Gasteiger partial charge in [0, 0.05) is 5.56 Å². The van der Waals surface area contributed by atoms with Crippen molar-refractivity contribution in [3.05, 3.63) is 129 Å². The monoisotopic (exact) mass is 617 g/mol. The number of amides is 2. The van der Waals surface area contributed by atoms with Crippen LogP contribution in [0.1, 0.15) is 39.7 Å². The van der Waals surface area contributed by atoms with Gasteiger partial charge in [-0.1, -0.05) is 59.4 Å².